The van der Waals surface area contributed by atoms with E-state index in [9.17, 15) is 9.59 Å². The van der Waals surface area contributed by atoms with E-state index in [4.69, 9.17) is 10.5 Å². The minimum atomic E-state index is -0.446. The second kappa shape index (κ2) is 9.53. The van der Waals surface area contributed by atoms with Crippen LogP contribution in [0.5, 0.6) is 0 Å². The number of hydrogen-bond acceptors (Lipinski definition) is 4. The van der Waals surface area contributed by atoms with E-state index >= 15 is 0 Å². The zero-order valence-corrected chi connectivity index (χ0v) is 16.9. The van der Waals surface area contributed by atoms with Gasteiger partial charge in [-0.1, -0.05) is 0 Å². The fraction of sp³-hybridized carbons (Fsp3) is 0.600. The van der Waals surface area contributed by atoms with Crippen LogP contribution >= 0.6 is 12.4 Å². The molecule has 3 N–H and O–H groups in total. The quantitative estimate of drug-likeness (QED) is 0.820. The highest BCUT2D eigenvalue weighted by molar-refractivity contribution is 5.98. The number of aryl methyl sites for hydroxylation is 1. The summed E-state index contributed by atoms with van der Waals surface area (Å²) < 4.78 is 5.64. The highest BCUT2D eigenvalue weighted by atomic mass is 35.5. The number of carbonyl (C=O) groups is 2. The molecule has 2 heterocycles. The van der Waals surface area contributed by atoms with Crippen LogP contribution in [-0.2, 0) is 9.53 Å². The number of benzene rings is 1. The number of halogens is 1. The Labute approximate surface area is 167 Å². The van der Waals surface area contributed by atoms with Gasteiger partial charge in [0.2, 0.25) is 0 Å². The SMILES string of the molecule is Cc1cc(C(=O)N2CCCCC2C)ccc1NC(=O)[C@@H]1CC[C@H](CN)O1.Cl. The van der Waals surface area contributed by atoms with Gasteiger partial charge in [0.1, 0.15) is 6.10 Å². The number of nitrogens with zero attached hydrogens (tertiary/aromatic N) is 1. The summed E-state index contributed by atoms with van der Waals surface area (Å²) in [4.78, 5) is 27.1. The Bertz CT molecular complexity index is 682. The number of anilines is 1. The van der Waals surface area contributed by atoms with Crippen LogP contribution in [0.2, 0.25) is 0 Å². The Morgan fingerprint density at radius 1 is 1.26 bits per heavy atom. The summed E-state index contributed by atoms with van der Waals surface area (Å²) in [7, 11) is 0. The smallest absolute Gasteiger partial charge is 0.254 e. The van der Waals surface area contributed by atoms with Crippen molar-refractivity contribution in [2.75, 3.05) is 18.4 Å². The number of nitrogens with two attached hydrogens (primary N) is 1. The van der Waals surface area contributed by atoms with Crippen LogP contribution < -0.4 is 11.1 Å². The van der Waals surface area contributed by atoms with Gasteiger partial charge in [-0.15, -0.1) is 12.4 Å². The third-order valence-corrected chi connectivity index (χ3v) is 5.46. The van der Waals surface area contributed by atoms with Gasteiger partial charge in [-0.3, -0.25) is 9.59 Å². The van der Waals surface area contributed by atoms with Crippen LogP contribution in [0.25, 0.3) is 0 Å². The summed E-state index contributed by atoms with van der Waals surface area (Å²) in [5.41, 5.74) is 7.87. The van der Waals surface area contributed by atoms with Crippen molar-refractivity contribution in [2.45, 2.75) is 64.2 Å². The van der Waals surface area contributed by atoms with Crippen molar-refractivity contribution in [2.24, 2.45) is 5.73 Å². The van der Waals surface area contributed by atoms with Crippen molar-refractivity contribution in [1.29, 1.82) is 0 Å². The Hall–Kier alpha value is -1.63. The summed E-state index contributed by atoms with van der Waals surface area (Å²) >= 11 is 0. The van der Waals surface area contributed by atoms with Crippen molar-refractivity contribution in [1.82, 2.24) is 4.90 Å². The zero-order valence-electron chi connectivity index (χ0n) is 16.1. The lowest BCUT2D eigenvalue weighted by atomic mass is 10.0. The minimum absolute atomic E-state index is 0. The summed E-state index contributed by atoms with van der Waals surface area (Å²) in [5.74, 6) is -0.0733. The van der Waals surface area contributed by atoms with Crippen LogP contribution in [0.4, 0.5) is 5.69 Å². The molecule has 0 aromatic heterocycles. The van der Waals surface area contributed by atoms with E-state index in [1.165, 1.54) is 6.42 Å². The molecular weight excluding hydrogens is 366 g/mol. The van der Waals surface area contributed by atoms with E-state index < -0.39 is 6.10 Å². The monoisotopic (exact) mass is 395 g/mol. The molecule has 0 radical (unpaired) electrons. The van der Waals surface area contributed by atoms with E-state index in [-0.39, 0.29) is 36.4 Å². The Morgan fingerprint density at radius 3 is 2.67 bits per heavy atom. The average molecular weight is 396 g/mol. The standard InChI is InChI=1S/C20H29N3O3.ClH/c1-13-11-15(20(25)23-10-4-3-5-14(23)2)6-8-17(13)22-19(24)18-9-7-16(12-21)26-18;/h6,8,11,14,16,18H,3-5,7,9-10,12,21H2,1-2H3,(H,22,24);1H/t14?,16-,18+;/m1./s1. The van der Waals surface area contributed by atoms with Gasteiger partial charge in [0.05, 0.1) is 6.10 Å². The summed E-state index contributed by atoms with van der Waals surface area (Å²) in [5, 5.41) is 2.92. The molecule has 1 aromatic rings. The first-order valence-electron chi connectivity index (χ1n) is 9.57. The molecule has 7 heteroatoms. The maximum absolute atomic E-state index is 12.8. The molecule has 2 saturated heterocycles. The number of carbonyl (C=O) groups excluding carboxylic acids is 2. The van der Waals surface area contributed by atoms with E-state index in [0.717, 1.165) is 37.1 Å². The molecule has 150 valence electrons. The topological polar surface area (TPSA) is 84.7 Å². The van der Waals surface area contributed by atoms with E-state index in [1.807, 2.05) is 24.0 Å². The molecule has 3 rings (SSSR count). The van der Waals surface area contributed by atoms with Gasteiger partial charge in [-0.2, -0.15) is 0 Å². The Balaban J connectivity index is 0.00000261. The number of piperidine rings is 1. The molecule has 27 heavy (non-hydrogen) atoms. The van der Waals surface area contributed by atoms with Crippen molar-refractivity contribution >= 4 is 29.9 Å². The molecular formula is C20H30ClN3O3. The molecule has 3 atom stereocenters. The first kappa shape index (κ1) is 21.7. The summed E-state index contributed by atoms with van der Waals surface area (Å²) in [6, 6.07) is 5.75. The number of nitrogens with one attached hydrogen (secondary N) is 1. The fourth-order valence-electron chi connectivity index (χ4n) is 3.79. The molecule has 2 aliphatic heterocycles. The molecule has 0 bridgehead atoms. The predicted octanol–water partition coefficient (Wildman–Crippen LogP) is 2.88. The normalized spacial score (nSPS) is 25.0. The van der Waals surface area contributed by atoms with Gasteiger partial charge < -0.3 is 20.7 Å². The fourth-order valence-corrected chi connectivity index (χ4v) is 3.79. The van der Waals surface area contributed by atoms with E-state index in [0.29, 0.717) is 18.5 Å². The number of hydrogen-bond donors (Lipinski definition) is 2. The largest absolute Gasteiger partial charge is 0.364 e. The van der Waals surface area contributed by atoms with Crippen LogP contribution in [0.1, 0.15) is 54.9 Å². The highest BCUT2D eigenvalue weighted by Gasteiger charge is 2.30. The molecule has 0 saturated carbocycles. The van der Waals surface area contributed by atoms with Crippen LogP contribution in [0.15, 0.2) is 18.2 Å². The van der Waals surface area contributed by atoms with E-state index in [2.05, 4.69) is 12.2 Å². The molecule has 2 aliphatic rings. The number of amides is 2. The van der Waals surface area contributed by atoms with Crippen molar-refractivity contribution in [3.05, 3.63) is 29.3 Å². The number of ether oxygens (including phenoxy) is 1. The highest BCUT2D eigenvalue weighted by Crippen LogP contribution is 2.24. The van der Waals surface area contributed by atoms with Gasteiger partial charge in [0.15, 0.2) is 0 Å². The Morgan fingerprint density at radius 2 is 2.04 bits per heavy atom. The minimum Gasteiger partial charge on any atom is -0.364 e. The number of rotatable bonds is 4. The van der Waals surface area contributed by atoms with Crippen molar-refractivity contribution in [3.63, 3.8) is 0 Å². The lowest BCUT2D eigenvalue weighted by Crippen LogP contribution is -2.42. The Kier molecular flexibility index (Phi) is 7.65. The maximum Gasteiger partial charge on any atom is 0.254 e. The van der Waals surface area contributed by atoms with Crippen molar-refractivity contribution in [3.8, 4) is 0 Å². The van der Waals surface area contributed by atoms with Gasteiger partial charge in [-0.25, -0.2) is 0 Å². The average Bonchev–Trinajstić information content (AvgIpc) is 3.12. The molecule has 1 unspecified atom stereocenters. The number of likely N-dealkylation sites (tertiary alicyclic amines) is 1. The second-order valence-electron chi connectivity index (χ2n) is 7.42. The second-order valence-corrected chi connectivity index (χ2v) is 7.42. The zero-order chi connectivity index (χ0) is 18.7. The molecule has 6 nitrogen and oxygen atoms in total. The molecule has 0 aliphatic carbocycles. The van der Waals surface area contributed by atoms with Crippen LogP contribution in [0, 0.1) is 6.92 Å². The van der Waals surface area contributed by atoms with Crippen molar-refractivity contribution < 1.29 is 14.3 Å². The van der Waals surface area contributed by atoms with Gasteiger partial charge >= 0.3 is 0 Å². The molecule has 1 aromatic carbocycles. The lowest BCUT2D eigenvalue weighted by molar-refractivity contribution is -0.126. The van der Waals surface area contributed by atoms with E-state index in [1.54, 1.807) is 6.07 Å². The van der Waals surface area contributed by atoms with Gasteiger partial charge in [0, 0.05) is 30.4 Å². The van der Waals surface area contributed by atoms with Crippen LogP contribution in [0.3, 0.4) is 0 Å². The third-order valence-electron chi connectivity index (χ3n) is 5.46. The molecule has 0 spiro atoms. The first-order valence-corrected chi connectivity index (χ1v) is 9.57. The first-order chi connectivity index (χ1) is 12.5. The molecule has 2 fully saturated rings. The maximum atomic E-state index is 12.8. The summed E-state index contributed by atoms with van der Waals surface area (Å²) in [6.07, 6.45) is 4.34. The lowest BCUT2D eigenvalue weighted by Gasteiger charge is -2.33. The van der Waals surface area contributed by atoms with Crippen LogP contribution in [-0.4, -0.2) is 48.1 Å². The predicted molar refractivity (Wildman–Crippen MR) is 108 cm³/mol. The van der Waals surface area contributed by atoms with Gasteiger partial charge in [-0.05, 0) is 69.7 Å². The molecule has 2 amide bonds. The third kappa shape index (κ3) is 5.00. The van der Waals surface area contributed by atoms with Gasteiger partial charge in [0.25, 0.3) is 11.8 Å². The summed E-state index contributed by atoms with van der Waals surface area (Å²) in [6.45, 7) is 5.27.